The third kappa shape index (κ3) is 1.17. The molecule has 0 fully saturated rings. The molecule has 0 aliphatic rings. The summed E-state index contributed by atoms with van der Waals surface area (Å²) in [7, 11) is 0. The standard InChI is InChI=1S/C7H5BrN2/c1-5-2-3-10-7(8)6(5)4-9/h2-3H,1H3/i1D3,2D,3D. The minimum Gasteiger partial charge on any atom is -0.248 e. The number of rotatable bonds is 0. The summed E-state index contributed by atoms with van der Waals surface area (Å²) in [5, 5.41) is 8.76. The predicted molar refractivity (Wildman–Crippen MR) is 41.4 cm³/mol. The smallest absolute Gasteiger partial charge is 0.124 e. The normalized spacial score (nSPS) is 17.4. The summed E-state index contributed by atoms with van der Waals surface area (Å²) in [5.74, 6) is 0. The van der Waals surface area contributed by atoms with Crippen molar-refractivity contribution in [2.24, 2.45) is 0 Å². The molecule has 0 aliphatic heterocycles. The molecule has 0 unspecified atom stereocenters. The van der Waals surface area contributed by atoms with Crippen LogP contribution in [0.5, 0.6) is 0 Å². The van der Waals surface area contributed by atoms with Gasteiger partial charge in [0.15, 0.2) is 0 Å². The lowest BCUT2D eigenvalue weighted by Crippen LogP contribution is -1.85. The fourth-order valence-electron chi connectivity index (χ4n) is 0.457. The van der Waals surface area contributed by atoms with Crippen LogP contribution in [-0.2, 0) is 0 Å². The Labute approximate surface area is 74.7 Å². The third-order valence-corrected chi connectivity index (χ3v) is 1.48. The van der Waals surface area contributed by atoms with Crippen molar-refractivity contribution in [2.45, 2.75) is 6.85 Å². The Kier molecular flexibility index (Phi) is 0.845. The molecule has 0 bridgehead atoms. The molecule has 0 saturated carbocycles. The molecule has 10 heavy (non-hydrogen) atoms. The van der Waals surface area contributed by atoms with Gasteiger partial charge in [-0.1, -0.05) is 0 Å². The summed E-state index contributed by atoms with van der Waals surface area (Å²) in [6.45, 7) is -2.59. The number of hydrogen-bond acceptors (Lipinski definition) is 2. The van der Waals surface area contributed by atoms with E-state index in [0.717, 1.165) is 0 Å². The Morgan fingerprint density at radius 1 is 2.00 bits per heavy atom. The molecule has 0 atom stereocenters. The van der Waals surface area contributed by atoms with E-state index < -0.39 is 24.6 Å². The largest absolute Gasteiger partial charge is 0.248 e. The summed E-state index contributed by atoms with van der Waals surface area (Å²) < 4.78 is 36.2. The molecule has 1 heterocycles. The molecule has 0 spiro atoms. The fraction of sp³-hybridized carbons (Fsp3) is 0.143. The second-order valence-electron chi connectivity index (χ2n) is 1.50. The molecule has 2 nitrogen and oxygen atoms in total. The van der Waals surface area contributed by atoms with Gasteiger partial charge < -0.3 is 0 Å². The molecular formula is C7H5BrN2. The van der Waals surface area contributed by atoms with Gasteiger partial charge in [0.1, 0.15) is 10.7 Å². The van der Waals surface area contributed by atoms with E-state index in [1.54, 1.807) is 6.07 Å². The number of aromatic nitrogens is 1. The van der Waals surface area contributed by atoms with Crippen molar-refractivity contribution in [2.75, 3.05) is 0 Å². The number of nitriles is 1. The molecule has 0 aliphatic carbocycles. The summed E-state index contributed by atoms with van der Waals surface area (Å²) in [6.07, 6.45) is -0.466. The lowest BCUT2D eigenvalue weighted by atomic mass is 10.2. The first-order valence-electron chi connectivity index (χ1n) is 4.86. The van der Waals surface area contributed by atoms with Crippen molar-refractivity contribution in [1.29, 1.82) is 5.26 Å². The number of halogens is 1. The van der Waals surface area contributed by atoms with Gasteiger partial charge in [0, 0.05) is 10.3 Å². The van der Waals surface area contributed by atoms with Gasteiger partial charge in [0.25, 0.3) is 0 Å². The fourth-order valence-corrected chi connectivity index (χ4v) is 0.832. The van der Waals surface area contributed by atoms with Crippen molar-refractivity contribution in [3.63, 3.8) is 0 Å². The second-order valence-corrected chi connectivity index (χ2v) is 2.25. The van der Waals surface area contributed by atoms with Crippen LogP contribution >= 0.6 is 15.9 Å². The van der Waals surface area contributed by atoms with Gasteiger partial charge in [0.05, 0.1) is 8.30 Å². The predicted octanol–water partition coefficient (Wildman–Crippen LogP) is 2.02. The molecule has 0 saturated heterocycles. The molecule has 0 aromatic carbocycles. The first-order chi connectivity index (χ1) is 6.79. The third-order valence-electron chi connectivity index (χ3n) is 0.903. The number of hydrogen-bond donors (Lipinski definition) is 0. The van der Waals surface area contributed by atoms with Crippen LogP contribution in [0, 0.1) is 18.2 Å². The average Bonchev–Trinajstić information content (AvgIpc) is 2.08. The van der Waals surface area contributed by atoms with Gasteiger partial charge in [-0.3, -0.25) is 0 Å². The quantitative estimate of drug-likeness (QED) is 0.603. The van der Waals surface area contributed by atoms with Crippen molar-refractivity contribution in [3.05, 3.63) is 27.9 Å². The highest BCUT2D eigenvalue weighted by Crippen LogP contribution is 2.14. The highest BCUT2D eigenvalue weighted by molar-refractivity contribution is 9.10. The summed E-state index contributed by atoms with van der Waals surface area (Å²) in [6, 6.07) is 1.13. The first kappa shape index (κ1) is 3.02. The highest BCUT2D eigenvalue weighted by atomic mass is 79.9. The Balaban J connectivity index is 3.68. The van der Waals surface area contributed by atoms with Gasteiger partial charge in [0.2, 0.25) is 0 Å². The molecule has 3 heteroatoms. The maximum atomic E-state index is 8.76. The van der Waals surface area contributed by atoms with Crippen LogP contribution in [0.2, 0.25) is 0 Å². The average molecular weight is 202 g/mol. The van der Waals surface area contributed by atoms with Crippen LogP contribution in [0.1, 0.15) is 18.0 Å². The van der Waals surface area contributed by atoms with Gasteiger partial charge in [-0.2, -0.15) is 5.26 Å². The Morgan fingerprint density at radius 3 is 3.40 bits per heavy atom. The van der Waals surface area contributed by atoms with Gasteiger partial charge in [-0.05, 0) is 34.4 Å². The molecule has 0 radical (unpaired) electrons. The van der Waals surface area contributed by atoms with E-state index in [-0.39, 0.29) is 10.2 Å². The zero-order valence-electron chi connectivity index (χ0n) is 9.77. The summed E-state index contributed by atoms with van der Waals surface area (Å²) in [5.41, 5.74) is -0.645. The lowest BCUT2D eigenvalue weighted by Gasteiger charge is -1.95. The van der Waals surface area contributed by atoms with E-state index >= 15 is 0 Å². The van der Waals surface area contributed by atoms with E-state index in [4.69, 9.17) is 12.1 Å². The second kappa shape index (κ2) is 2.80. The van der Waals surface area contributed by atoms with Crippen molar-refractivity contribution >= 4 is 15.9 Å². The van der Waals surface area contributed by atoms with E-state index in [1.165, 1.54) is 0 Å². The molecule has 1 rings (SSSR count). The number of nitrogens with zero attached hydrogens (tertiary/aromatic N) is 2. The minimum absolute atomic E-state index is 0.0166. The molecule has 50 valence electrons. The van der Waals surface area contributed by atoms with E-state index in [2.05, 4.69) is 20.9 Å². The van der Waals surface area contributed by atoms with Crippen molar-refractivity contribution in [1.82, 2.24) is 4.98 Å². The molecule has 0 amide bonds. The van der Waals surface area contributed by atoms with Gasteiger partial charge in [-0.15, -0.1) is 0 Å². The lowest BCUT2D eigenvalue weighted by molar-refractivity contribution is 1.21. The van der Waals surface area contributed by atoms with Crippen molar-refractivity contribution in [3.8, 4) is 6.07 Å². The minimum atomic E-state index is -2.59. The van der Waals surface area contributed by atoms with Gasteiger partial charge in [-0.25, -0.2) is 4.98 Å². The van der Waals surface area contributed by atoms with Crippen LogP contribution in [0.3, 0.4) is 0 Å². The topological polar surface area (TPSA) is 36.7 Å². The molecule has 1 aromatic rings. The maximum absolute atomic E-state index is 8.76. The van der Waals surface area contributed by atoms with E-state index in [9.17, 15) is 0 Å². The zero-order valence-corrected chi connectivity index (χ0v) is 6.36. The molecular weight excluding hydrogens is 192 g/mol. The Bertz CT molecular complexity index is 448. The first-order valence-corrected chi connectivity index (χ1v) is 3.15. The van der Waals surface area contributed by atoms with Crippen molar-refractivity contribution < 1.29 is 6.85 Å². The molecule has 0 N–H and O–H groups in total. The highest BCUT2D eigenvalue weighted by Gasteiger charge is 2.00. The maximum Gasteiger partial charge on any atom is 0.124 e. The van der Waals surface area contributed by atoms with E-state index in [0.29, 0.717) is 0 Å². The Morgan fingerprint density at radius 2 is 2.80 bits per heavy atom. The van der Waals surface area contributed by atoms with Crippen LogP contribution in [0.15, 0.2) is 16.8 Å². The monoisotopic (exact) mass is 201 g/mol. The van der Waals surface area contributed by atoms with Gasteiger partial charge >= 0.3 is 0 Å². The Hall–Kier alpha value is -0.880. The van der Waals surface area contributed by atoms with E-state index in [1.807, 2.05) is 0 Å². The molecule has 1 aromatic heterocycles. The zero-order chi connectivity index (χ0) is 11.8. The number of pyridine rings is 1. The van der Waals surface area contributed by atoms with Crippen LogP contribution in [0.25, 0.3) is 0 Å². The SMILES string of the molecule is [2H]c1nc(Br)c(C#N)c(C([2H])([2H])[2H])c1[2H]. The van der Waals surface area contributed by atoms with Crippen LogP contribution in [0.4, 0.5) is 0 Å². The van der Waals surface area contributed by atoms with Crippen LogP contribution in [-0.4, -0.2) is 4.98 Å². The summed E-state index contributed by atoms with van der Waals surface area (Å²) in [4.78, 5) is 3.54. The summed E-state index contributed by atoms with van der Waals surface area (Å²) >= 11 is 2.90. The van der Waals surface area contributed by atoms with Crippen LogP contribution < -0.4 is 0 Å².